The summed E-state index contributed by atoms with van der Waals surface area (Å²) in [5, 5.41) is 10.7. The molecule has 1 aliphatic heterocycles. The predicted octanol–water partition coefficient (Wildman–Crippen LogP) is -3.03. The second-order valence-corrected chi connectivity index (χ2v) is 3.87. The molecule has 0 unspecified atom stereocenters. The molecule has 4 nitrogen and oxygen atoms in total. The number of pyridine rings is 1. The average Bonchev–Trinajstić information content (AvgIpc) is 2.30. The van der Waals surface area contributed by atoms with Gasteiger partial charge in [-0.15, -0.1) is 0 Å². The van der Waals surface area contributed by atoms with Gasteiger partial charge in [0.2, 0.25) is 0 Å². The van der Waals surface area contributed by atoms with E-state index in [9.17, 15) is 9.90 Å². The fraction of sp³-hybridized carbons (Fsp3) is 0.333. The van der Waals surface area contributed by atoms with Crippen molar-refractivity contribution in [3.05, 3.63) is 41.7 Å². The van der Waals surface area contributed by atoms with Crippen LogP contribution in [0.2, 0.25) is 0 Å². The van der Waals surface area contributed by atoms with Crippen LogP contribution in [-0.4, -0.2) is 28.9 Å². The number of carboxylic acid groups (broad SMARTS) is 1. The van der Waals surface area contributed by atoms with Crippen molar-refractivity contribution < 1.29 is 39.5 Å². The van der Waals surface area contributed by atoms with E-state index >= 15 is 0 Å². The second-order valence-electron chi connectivity index (χ2n) is 3.87. The molecule has 0 amide bonds. The molecule has 0 aromatic carbocycles. The topological polar surface area (TPSA) is 56.3 Å². The fourth-order valence-corrected chi connectivity index (χ4v) is 1.84. The Kier molecular flexibility index (Phi) is 5.85. The third-order valence-electron chi connectivity index (χ3n) is 2.65. The van der Waals surface area contributed by atoms with Crippen molar-refractivity contribution in [2.24, 2.45) is 0 Å². The molecule has 0 fully saturated rings. The molecule has 0 saturated heterocycles. The molecular formula is C12H13N2NaO2. The maximum atomic E-state index is 10.7. The molecule has 0 spiro atoms. The standard InChI is InChI=1S/C12H14N2O2.Na/c15-12(16)11-2-1-7-14(9-11)8-10-3-5-13-6-4-10;/h2-6H,1,7-9H2,(H,15,16);/q;+1/p-1. The van der Waals surface area contributed by atoms with Gasteiger partial charge in [0, 0.05) is 32.0 Å². The van der Waals surface area contributed by atoms with Crippen molar-refractivity contribution in [2.45, 2.75) is 13.0 Å². The number of hydrogen-bond acceptors (Lipinski definition) is 4. The summed E-state index contributed by atoms with van der Waals surface area (Å²) in [6.45, 7) is 2.11. The van der Waals surface area contributed by atoms with Gasteiger partial charge in [-0.3, -0.25) is 9.88 Å². The SMILES string of the molecule is O=C([O-])C1=CCCN(Cc2ccncc2)C1.[Na+]. The summed E-state index contributed by atoms with van der Waals surface area (Å²) in [5.74, 6) is -1.06. The van der Waals surface area contributed by atoms with Gasteiger partial charge in [-0.2, -0.15) is 0 Å². The first-order valence-corrected chi connectivity index (χ1v) is 5.27. The molecule has 0 saturated carbocycles. The number of carboxylic acids is 1. The zero-order chi connectivity index (χ0) is 11.4. The summed E-state index contributed by atoms with van der Waals surface area (Å²) < 4.78 is 0. The largest absolute Gasteiger partial charge is 1.00 e. The molecule has 0 N–H and O–H groups in total. The summed E-state index contributed by atoms with van der Waals surface area (Å²) in [7, 11) is 0. The predicted molar refractivity (Wildman–Crippen MR) is 57.2 cm³/mol. The quantitative estimate of drug-likeness (QED) is 0.527. The van der Waals surface area contributed by atoms with Crippen molar-refractivity contribution in [2.75, 3.05) is 13.1 Å². The Morgan fingerprint density at radius 2 is 2.12 bits per heavy atom. The van der Waals surface area contributed by atoms with Gasteiger partial charge < -0.3 is 9.90 Å². The molecule has 1 aromatic heterocycles. The molecule has 5 heteroatoms. The minimum absolute atomic E-state index is 0. The Hall–Kier alpha value is -0.680. The van der Waals surface area contributed by atoms with E-state index in [4.69, 9.17) is 0 Å². The summed E-state index contributed by atoms with van der Waals surface area (Å²) in [6.07, 6.45) is 6.01. The number of hydrogen-bond donors (Lipinski definition) is 0. The van der Waals surface area contributed by atoms with Gasteiger partial charge in [-0.25, -0.2) is 0 Å². The number of aromatic nitrogens is 1. The number of aliphatic carboxylic acids is 1. The first-order chi connectivity index (χ1) is 7.75. The minimum atomic E-state index is -1.06. The van der Waals surface area contributed by atoms with E-state index in [0.717, 1.165) is 25.1 Å². The Balaban J connectivity index is 0.00000144. The zero-order valence-electron chi connectivity index (χ0n) is 9.93. The molecule has 1 aliphatic rings. The van der Waals surface area contributed by atoms with Gasteiger partial charge in [0.15, 0.2) is 0 Å². The van der Waals surface area contributed by atoms with Crippen LogP contribution in [0.5, 0.6) is 0 Å². The zero-order valence-corrected chi connectivity index (χ0v) is 11.9. The molecule has 0 bridgehead atoms. The number of nitrogens with zero attached hydrogens (tertiary/aromatic N) is 2. The molecule has 0 aliphatic carbocycles. The van der Waals surface area contributed by atoms with Crippen LogP contribution in [0.15, 0.2) is 36.2 Å². The Bertz CT molecular complexity index is 406. The molecule has 0 radical (unpaired) electrons. The van der Waals surface area contributed by atoms with Gasteiger partial charge in [-0.1, -0.05) is 6.08 Å². The van der Waals surface area contributed by atoms with Crippen LogP contribution < -0.4 is 34.7 Å². The van der Waals surface area contributed by atoms with E-state index in [-0.39, 0.29) is 29.6 Å². The second kappa shape index (κ2) is 6.91. The van der Waals surface area contributed by atoms with E-state index in [1.165, 1.54) is 0 Å². The van der Waals surface area contributed by atoms with E-state index < -0.39 is 5.97 Å². The van der Waals surface area contributed by atoms with Crippen LogP contribution in [0.1, 0.15) is 12.0 Å². The molecule has 17 heavy (non-hydrogen) atoms. The average molecular weight is 240 g/mol. The van der Waals surface area contributed by atoms with E-state index in [0.29, 0.717) is 12.1 Å². The van der Waals surface area contributed by atoms with Crippen LogP contribution in [0, 0.1) is 0 Å². The Labute approximate surface area is 123 Å². The van der Waals surface area contributed by atoms with E-state index in [2.05, 4.69) is 9.88 Å². The summed E-state index contributed by atoms with van der Waals surface area (Å²) in [5.41, 5.74) is 1.54. The Morgan fingerprint density at radius 3 is 2.76 bits per heavy atom. The van der Waals surface area contributed by atoms with Crippen LogP contribution >= 0.6 is 0 Å². The summed E-state index contributed by atoms with van der Waals surface area (Å²) in [6, 6.07) is 3.88. The first-order valence-electron chi connectivity index (χ1n) is 5.27. The van der Waals surface area contributed by atoms with E-state index in [1.54, 1.807) is 18.5 Å². The summed E-state index contributed by atoms with van der Waals surface area (Å²) in [4.78, 5) is 16.8. The van der Waals surface area contributed by atoms with Crippen molar-refractivity contribution in [1.29, 1.82) is 0 Å². The van der Waals surface area contributed by atoms with Crippen LogP contribution in [0.3, 0.4) is 0 Å². The van der Waals surface area contributed by atoms with Crippen molar-refractivity contribution in [3.63, 3.8) is 0 Å². The van der Waals surface area contributed by atoms with Gasteiger partial charge >= 0.3 is 29.6 Å². The van der Waals surface area contributed by atoms with Crippen LogP contribution in [0.4, 0.5) is 0 Å². The van der Waals surface area contributed by atoms with Gasteiger partial charge in [0.05, 0.1) is 5.97 Å². The molecule has 0 atom stereocenters. The third kappa shape index (κ3) is 4.24. The number of rotatable bonds is 3. The van der Waals surface area contributed by atoms with Gasteiger partial charge in [0.25, 0.3) is 0 Å². The third-order valence-corrected chi connectivity index (χ3v) is 2.65. The van der Waals surface area contributed by atoms with Crippen LogP contribution in [0.25, 0.3) is 0 Å². The maximum absolute atomic E-state index is 10.7. The van der Waals surface area contributed by atoms with Crippen molar-refractivity contribution in [3.8, 4) is 0 Å². The first kappa shape index (κ1) is 14.4. The normalized spacial score (nSPS) is 15.9. The molecule has 1 aromatic rings. The molecule has 84 valence electrons. The number of carbonyl (C=O) groups excluding carboxylic acids is 1. The Morgan fingerprint density at radius 1 is 1.41 bits per heavy atom. The van der Waals surface area contributed by atoms with Crippen molar-refractivity contribution >= 4 is 5.97 Å². The maximum Gasteiger partial charge on any atom is 1.00 e. The van der Waals surface area contributed by atoms with Gasteiger partial charge in [-0.05, 0) is 29.7 Å². The van der Waals surface area contributed by atoms with Crippen LogP contribution in [-0.2, 0) is 11.3 Å². The monoisotopic (exact) mass is 240 g/mol. The smallest absolute Gasteiger partial charge is 0.545 e. The molecule has 2 rings (SSSR count). The number of carbonyl (C=O) groups is 1. The van der Waals surface area contributed by atoms with Gasteiger partial charge in [0.1, 0.15) is 0 Å². The minimum Gasteiger partial charge on any atom is -0.545 e. The summed E-state index contributed by atoms with van der Waals surface area (Å²) >= 11 is 0. The van der Waals surface area contributed by atoms with Crippen molar-refractivity contribution in [1.82, 2.24) is 9.88 Å². The fourth-order valence-electron chi connectivity index (χ4n) is 1.84. The van der Waals surface area contributed by atoms with E-state index in [1.807, 2.05) is 12.1 Å². The molecular weight excluding hydrogens is 227 g/mol. The molecule has 2 heterocycles.